The van der Waals surface area contributed by atoms with Crippen LogP contribution >= 0.6 is 0 Å². The summed E-state index contributed by atoms with van der Waals surface area (Å²) in [6, 6.07) is -1.45. The van der Waals surface area contributed by atoms with E-state index in [9.17, 15) is 14.4 Å². The van der Waals surface area contributed by atoms with Crippen molar-refractivity contribution in [1.29, 1.82) is 0 Å². The molecule has 4 N–H and O–H groups in total. The van der Waals surface area contributed by atoms with Crippen LogP contribution in [0.5, 0.6) is 0 Å². The molecule has 0 aliphatic carbocycles. The molecule has 7 nitrogen and oxygen atoms in total. The molecule has 0 aromatic rings. The van der Waals surface area contributed by atoms with Crippen molar-refractivity contribution in [2.45, 2.75) is 31.9 Å². The van der Waals surface area contributed by atoms with Crippen molar-refractivity contribution in [3.63, 3.8) is 0 Å². The topological polar surface area (TPSA) is 111 Å². The lowest BCUT2D eigenvalue weighted by atomic mass is 9.96. The van der Waals surface area contributed by atoms with E-state index in [-0.39, 0.29) is 0 Å². The van der Waals surface area contributed by atoms with Gasteiger partial charge in [0, 0.05) is 0 Å². The molecule has 0 spiro atoms. The van der Waals surface area contributed by atoms with E-state index in [4.69, 9.17) is 5.73 Å². The van der Waals surface area contributed by atoms with Gasteiger partial charge in [0.1, 0.15) is 13.9 Å². The van der Waals surface area contributed by atoms with Gasteiger partial charge >= 0.3 is 5.97 Å². The Hall–Kier alpha value is -1.57. The summed E-state index contributed by atoms with van der Waals surface area (Å²) in [5.41, 5.74) is 5.34. The minimum atomic E-state index is -0.763. The van der Waals surface area contributed by atoms with Crippen LogP contribution in [0, 0.1) is 0 Å². The van der Waals surface area contributed by atoms with Gasteiger partial charge in [0.15, 0.2) is 0 Å². The molecule has 0 heterocycles. The normalized spacial score (nSPS) is 15.3. The number of ether oxygens (including phenoxy) is 1. The van der Waals surface area contributed by atoms with E-state index in [0.29, 0.717) is 0 Å². The zero-order valence-electron chi connectivity index (χ0n) is 10.4. The van der Waals surface area contributed by atoms with Crippen molar-refractivity contribution in [3.05, 3.63) is 0 Å². The molecule has 0 aromatic heterocycles. The van der Waals surface area contributed by atoms with E-state index in [0.717, 1.165) is 0 Å². The second kappa shape index (κ2) is 6.90. The third-order valence-electron chi connectivity index (χ3n) is 2.08. The third kappa shape index (κ3) is 5.35. The van der Waals surface area contributed by atoms with E-state index < -0.39 is 35.8 Å². The molecule has 0 aromatic carbocycles. The van der Waals surface area contributed by atoms with Gasteiger partial charge in [-0.05, 0) is 13.8 Å². The average molecular weight is 243 g/mol. The number of carbonyl (C=O) groups is 3. The number of nitrogens with one attached hydrogen (secondary N) is 2. The molecular formula is C9H18BN3O4. The zero-order chi connectivity index (χ0) is 13.6. The van der Waals surface area contributed by atoms with Crippen molar-refractivity contribution in [1.82, 2.24) is 10.6 Å². The first-order chi connectivity index (χ1) is 7.79. The Labute approximate surface area is 101 Å². The first kappa shape index (κ1) is 15.4. The summed E-state index contributed by atoms with van der Waals surface area (Å²) in [6.45, 7) is 3.01. The Balaban J connectivity index is 4.23. The van der Waals surface area contributed by atoms with Crippen LogP contribution in [-0.4, -0.2) is 50.8 Å². The second-order valence-corrected chi connectivity index (χ2v) is 3.77. The molecule has 0 rings (SSSR count). The maximum Gasteiger partial charge on any atom is 0.319 e. The van der Waals surface area contributed by atoms with Crippen LogP contribution < -0.4 is 16.4 Å². The molecule has 0 aliphatic heterocycles. The predicted octanol–water partition coefficient (Wildman–Crippen LogP) is -2.91. The van der Waals surface area contributed by atoms with Gasteiger partial charge in [-0.1, -0.05) is 0 Å². The van der Waals surface area contributed by atoms with Gasteiger partial charge in [-0.2, -0.15) is 0 Å². The summed E-state index contributed by atoms with van der Waals surface area (Å²) in [5.74, 6) is -2.22. The molecule has 3 atom stereocenters. The lowest BCUT2D eigenvalue weighted by molar-refractivity contribution is -0.142. The predicted molar refractivity (Wildman–Crippen MR) is 63.7 cm³/mol. The van der Waals surface area contributed by atoms with Gasteiger partial charge in [-0.15, -0.1) is 0 Å². The third-order valence-corrected chi connectivity index (χ3v) is 2.08. The molecule has 0 radical (unpaired) electrons. The van der Waals surface area contributed by atoms with Crippen molar-refractivity contribution < 1.29 is 19.1 Å². The van der Waals surface area contributed by atoms with Crippen LogP contribution in [0.15, 0.2) is 0 Å². The van der Waals surface area contributed by atoms with Gasteiger partial charge in [-0.3, -0.25) is 14.4 Å². The molecule has 0 aliphatic rings. The van der Waals surface area contributed by atoms with Crippen LogP contribution in [0.25, 0.3) is 0 Å². The fourth-order valence-electron chi connectivity index (χ4n) is 0.984. The Morgan fingerprint density at radius 1 is 1.18 bits per heavy atom. The van der Waals surface area contributed by atoms with Crippen LogP contribution in [-0.2, 0) is 19.1 Å². The van der Waals surface area contributed by atoms with E-state index in [1.165, 1.54) is 28.8 Å². The van der Waals surface area contributed by atoms with Gasteiger partial charge in [0.2, 0.25) is 11.8 Å². The number of esters is 1. The van der Waals surface area contributed by atoms with Gasteiger partial charge in [0.05, 0.1) is 19.1 Å². The lowest BCUT2D eigenvalue weighted by Crippen LogP contribution is -2.53. The Morgan fingerprint density at radius 3 is 2.12 bits per heavy atom. The molecule has 2 amide bonds. The molecule has 0 fully saturated rings. The summed E-state index contributed by atoms with van der Waals surface area (Å²) >= 11 is 0. The number of hydrogen-bond donors (Lipinski definition) is 3. The quantitative estimate of drug-likeness (QED) is 0.354. The monoisotopic (exact) mass is 243 g/mol. The standard InChI is InChI=1S/C9H18BN3O4/c1-4(11)7(14)12-5(2)8(15)13-6(10)9(16)17-3/h4-6H,10-11H2,1-3H3,(H,12,14)(H,13,15)/t4-,5?,6+/m0/s1. The fraction of sp³-hybridized carbons (Fsp3) is 0.667. The number of rotatable bonds is 5. The van der Waals surface area contributed by atoms with E-state index >= 15 is 0 Å². The molecule has 0 saturated carbocycles. The smallest absolute Gasteiger partial charge is 0.319 e. The number of hydrogen-bond acceptors (Lipinski definition) is 5. The molecular weight excluding hydrogens is 225 g/mol. The van der Waals surface area contributed by atoms with Gasteiger partial charge in [0.25, 0.3) is 0 Å². The first-order valence-electron chi connectivity index (χ1n) is 5.23. The summed E-state index contributed by atoms with van der Waals surface area (Å²) in [4.78, 5) is 33.8. The number of amides is 2. The fourth-order valence-corrected chi connectivity index (χ4v) is 0.984. The largest absolute Gasteiger partial charge is 0.468 e. The second-order valence-electron chi connectivity index (χ2n) is 3.77. The van der Waals surface area contributed by atoms with E-state index in [1.807, 2.05) is 0 Å². The molecule has 17 heavy (non-hydrogen) atoms. The van der Waals surface area contributed by atoms with Crippen LogP contribution in [0.3, 0.4) is 0 Å². The van der Waals surface area contributed by atoms with E-state index in [2.05, 4.69) is 15.4 Å². The van der Waals surface area contributed by atoms with E-state index in [1.54, 1.807) is 0 Å². The van der Waals surface area contributed by atoms with Crippen molar-refractivity contribution >= 4 is 25.6 Å². The first-order valence-corrected chi connectivity index (χ1v) is 5.23. The minimum absolute atomic E-state index is 0.432. The Bertz CT molecular complexity index is 309. The number of methoxy groups -OCH3 is 1. The van der Waals surface area contributed by atoms with Gasteiger partial charge < -0.3 is 21.1 Å². The number of nitrogens with two attached hydrogens (primary N) is 1. The summed E-state index contributed by atoms with van der Waals surface area (Å²) < 4.78 is 4.45. The highest BCUT2D eigenvalue weighted by molar-refractivity contribution is 6.24. The number of carbonyl (C=O) groups excluding carboxylic acids is 3. The summed E-state index contributed by atoms with van der Waals surface area (Å²) in [6.07, 6.45) is 0. The lowest BCUT2D eigenvalue weighted by Gasteiger charge is -2.18. The van der Waals surface area contributed by atoms with Crippen molar-refractivity contribution in [3.8, 4) is 0 Å². The highest BCUT2D eigenvalue weighted by Gasteiger charge is 2.21. The van der Waals surface area contributed by atoms with Crippen LogP contribution in [0.1, 0.15) is 13.8 Å². The maximum atomic E-state index is 11.6. The van der Waals surface area contributed by atoms with Crippen molar-refractivity contribution in [2.75, 3.05) is 7.11 Å². The zero-order valence-corrected chi connectivity index (χ0v) is 10.4. The Morgan fingerprint density at radius 2 is 1.71 bits per heavy atom. The highest BCUT2D eigenvalue weighted by atomic mass is 16.5. The molecule has 8 heteroatoms. The molecule has 0 saturated heterocycles. The SMILES string of the molecule is B[C@H](NC(=O)C(C)NC(=O)[C@H](C)N)C(=O)OC. The molecule has 1 unspecified atom stereocenters. The summed E-state index contributed by atoms with van der Waals surface area (Å²) in [7, 11) is 2.72. The van der Waals surface area contributed by atoms with Crippen LogP contribution in [0.4, 0.5) is 0 Å². The van der Waals surface area contributed by atoms with Crippen molar-refractivity contribution in [2.24, 2.45) is 5.73 Å². The van der Waals surface area contributed by atoms with Gasteiger partial charge in [-0.25, -0.2) is 0 Å². The Kier molecular flexibility index (Phi) is 6.26. The van der Waals surface area contributed by atoms with Crippen LogP contribution in [0.2, 0.25) is 0 Å². The minimum Gasteiger partial charge on any atom is -0.468 e. The maximum absolute atomic E-state index is 11.6. The highest BCUT2D eigenvalue weighted by Crippen LogP contribution is 1.88. The molecule has 96 valence electrons. The summed E-state index contributed by atoms with van der Waals surface area (Å²) in [5, 5.41) is 4.82. The average Bonchev–Trinajstić information content (AvgIpc) is 2.27. The molecule has 0 bridgehead atoms.